The van der Waals surface area contributed by atoms with Gasteiger partial charge in [0, 0.05) is 37.5 Å². The van der Waals surface area contributed by atoms with E-state index in [4.69, 9.17) is 4.98 Å². The second-order valence-electron chi connectivity index (χ2n) is 9.95. The van der Waals surface area contributed by atoms with Gasteiger partial charge in [-0.25, -0.2) is 0 Å². The Morgan fingerprint density at radius 2 is 0.949 bits per heavy atom. The molecule has 8 aromatic rings. The second kappa shape index (κ2) is 8.90. The van der Waals surface area contributed by atoms with Gasteiger partial charge in [0.15, 0.2) is 0 Å². The van der Waals surface area contributed by atoms with E-state index in [9.17, 15) is 0 Å². The summed E-state index contributed by atoms with van der Waals surface area (Å²) in [6.07, 6.45) is 2.03. The fraction of sp³-hybridized carbons (Fsp3) is 0. The summed E-state index contributed by atoms with van der Waals surface area (Å²) in [5, 5.41) is 7.57. The first-order valence-corrected chi connectivity index (χ1v) is 14.0. The molecule has 182 valence electrons. The molecule has 0 saturated heterocycles. The molecule has 0 unspecified atom stereocenters. The molecule has 2 aromatic heterocycles. The van der Waals surface area contributed by atoms with Crippen molar-refractivity contribution in [2.45, 2.75) is 0 Å². The van der Waals surface area contributed by atoms with Gasteiger partial charge >= 0.3 is 0 Å². The Labute approximate surface area is 230 Å². The SMILES string of the molecule is c1ccc(-c2c3ccccc3c(-c3ccc(-c4ccc5sc6ccccc6c5c4)cn3)c3ccccc23)cc1. The molecule has 1 nitrogen and oxygen atoms in total. The average Bonchev–Trinajstić information content (AvgIpc) is 3.38. The minimum Gasteiger partial charge on any atom is -0.256 e. The molecular weight excluding hydrogens is 490 g/mol. The van der Waals surface area contributed by atoms with Crippen LogP contribution in [-0.4, -0.2) is 4.98 Å². The second-order valence-corrected chi connectivity index (χ2v) is 11.0. The number of rotatable bonds is 3. The van der Waals surface area contributed by atoms with E-state index >= 15 is 0 Å². The van der Waals surface area contributed by atoms with Crippen molar-refractivity contribution in [2.75, 3.05) is 0 Å². The third-order valence-electron chi connectivity index (χ3n) is 7.72. The lowest BCUT2D eigenvalue weighted by Gasteiger charge is -2.17. The van der Waals surface area contributed by atoms with Gasteiger partial charge in [-0.1, -0.05) is 109 Å². The van der Waals surface area contributed by atoms with E-state index in [1.807, 2.05) is 17.5 Å². The number of thiophene rings is 1. The summed E-state index contributed by atoms with van der Waals surface area (Å²) in [4.78, 5) is 5.06. The highest BCUT2D eigenvalue weighted by molar-refractivity contribution is 7.25. The van der Waals surface area contributed by atoms with Crippen LogP contribution < -0.4 is 0 Å². The van der Waals surface area contributed by atoms with Crippen LogP contribution in [0, 0.1) is 0 Å². The molecule has 0 radical (unpaired) electrons. The predicted molar refractivity (Wildman–Crippen MR) is 168 cm³/mol. The van der Waals surface area contributed by atoms with Gasteiger partial charge in [0.1, 0.15) is 0 Å². The summed E-state index contributed by atoms with van der Waals surface area (Å²) in [6.45, 7) is 0. The van der Waals surface area contributed by atoms with Crippen LogP contribution in [0.3, 0.4) is 0 Å². The molecule has 0 spiro atoms. The monoisotopic (exact) mass is 513 g/mol. The van der Waals surface area contributed by atoms with Crippen molar-refractivity contribution in [1.82, 2.24) is 4.98 Å². The van der Waals surface area contributed by atoms with Crippen LogP contribution in [0.4, 0.5) is 0 Å². The van der Waals surface area contributed by atoms with Crippen LogP contribution in [0.1, 0.15) is 0 Å². The Balaban J connectivity index is 1.31. The van der Waals surface area contributed by atoms with Crippen LogP contribution >= 0.6 is 11.3 Å². The number of benzene rings is 6. The molecule has 2 heterocycles. The number of fused-ring (bicyclic) bond motifs is 5. The summed E-state index contributed by atoms with van der Waals surface area (Å²) >= 11 is 1.85. The van der Waals surface area contributed by atoms with Crippen molar-refractivity contribution >= 4 is 53.1 Å². The third kappa shape index (κ3) is 3.57. The van der Waals surface area contributed by atoms with Gasteiger partial charge in [-0.2, -0.15) is 0 Å². The molecule has 2 heteroatoms. The summed E-state index contributed by atoms with van der Waals surface area (Å²) in [6, 6.07) is 48.0. The van der Waals surface area contributed by atoms with E-state index < -0.39 is 0 Å². The van der Waals surface area contributed by atoms with Crippen molar-refractivity contribution in [3.05, 3.63) is 140 Å². The van der Waals surface area contributed by atoms with Crippen molar-refractivity contribution in [3.8, 4) is 33.5 Å². The van der Waals surface area contributed by atoms with Crippen LogP contribution in [0.25, 0.3) is 75.2 Å². The molecule has 0 aliphatic rings. The first-order valence-electron chi connectivity index (χ1n) is 13.2. The van der Waals surface area contributed by atoms with E-state index in [1.54, 1.807) is 0 Å². The number of nitrogens with zero attached hydrogens (tertiary/aromatic N) is 1. The first-order chi connectivity index (χ1) is 19.3. The van der Waals surface area contributed by atoms with Crippen LogP contribution in [0.5, 0.6) is 0 Å². The molecule has 0 aliphatic carbocycles. The minimum absolute atomic E-state index is 0.993. The predicted octanol–water partition coefficient (Wildman–Crippen LogP) is 10.8. The molecule has 0 bridgehead atoms. The third-order valence-corrected chi connectivity index (χ3v) is 8.88. The quantitative estimate of drug-likeness (QED) is 0.214. The molecule has 39 heavy (non-hydrogen) atoms. The molecule has 0 fully saturated rings. The highest BCUT2D eigenvalue weighted by atomic mass is 32.1. The van der Waals surface area contributed by atoms with Gasteiger partial charge in [-0.3, -0.25) is 4.98 Å². The van der Waals surface area contributed by atoms with Crippen molar-refractivity contribution < 1.29 is 0 Å². The smallest absolute Gasteiger partial charge is 0.0714 e. The zero-order valence-electron chi connectivity index (χ0n) is 21.1. The minimum atomic E-state index is 0.993. The molecule has 0 N–H and O–H groups in total. The van der Waals surface area contributed by atoms with E-state index in [2.05, 4.69) is 133 Å². The lowest BCUT2D eigenvalue weighted by Crippen LogP contribution is -1.92. The van der Waals surface area contributed by atoms with Crippen LogP contribution in [-0.2, 0) is 0 Å². The van der Waals surface area contributed by atoms with Gasteiger partial charge < -0.3 is 0 Å². The van der Waals surface area contributed by atoms with E-state index in [1.165, 1.54) is 64.0 Å². The molecule has 0 saturated carbocycles. The zero-order valence-corrected chi connectivity index (χ0v) is 22.0. The molecule has 0 atom stereocenters. The van der Waals surface area contributed by atoms with Crippen LogP contribution in [0.2, 0.25) is 0 Å². The Morgan fingerprint density at radius 3 is 1.62 bits per heavy atom. The fourth-order valence-corrected chi connectivity index (χ4v) is 7.02. The summed E-state index contributed by atoms with van der Waals surface area (Å²) < 4.78 is 2.65. The average molecular weight is 514 g/mol. The van der Waals surface area contributed by atoms with Crippen LogP contribution in [0.15, 0.2) is 140 Å². The maximum atomic E-state index is 5.06. The molecular formula is C37H23NS. The van der Waals surface area contributed by atoms with E-state index in [-0.39, 0.29) is 0 Å². The molecule has 0 amide bonds. The normalized spacial score (nSPS) is 11.6. The van der Waals surface area contributed by atoms with Gasteiger partial charge in [0.2, 0.25) is 0 Å². The number of aromatic nitrogens is 1. The highest BCUT2D eigenvalue weighted by Gasteiger charge is 2.17. The molecule has 0 aliphatic heterocycles. The Bertz CT molecular complexity index is 2100. The van der Waals surface area contributed by atoms with Gasteiger partial charge in [0.05, 0.1) is 5.69 Å². The maximum Gasteiger partial charge on any atom is 0.0714 e. The van der Waals surface area contributed by atoms with E-state index in [0.29, 0.717) is 0 Å². The van der Waals surface area contributed by atoms with Gasteiger partial charge in [0.25, 0.3) is 0 Å². The lowest BCUT2D eigenvalue weighted by atomic mass is 9.87. The Kier molecular flexibility index (Phi) is 5.07. The maximum absolute atomic E-state index is 5.06. The van der Waals surface area contributed by atoms with Gasteiger partial charge in [-0.15, -0.1) is 11.3 Å². The highest BCUT2D eigenvalue weighted by Crippen LogP contribution is 2.43. The summed E-state index contributed by atoms with van der Waals surface area (Å²) in [5.41, 5.74) is 7.01. The van der Waals surface area contributed by atoms with Crippen molar-refractivity contribution in [1.29, 1.82) is 0 Å². The Morgan fingerprint density at radius 1 is 0.385 bits per heavy atom. The van der Waals surface area contributed by atoms with Crippen molar-refractivity contribution in [2.24, 2.45) is 0 Å². The number of pyridine rings is 1. The zero-order chi connectivity index (χ0) is 25.8. The van der Waals surface area contributed by atoms with Gasteiger partial charge in [-0.05, 0) is 62.5 Å². The number of hydrogen-bond donors (Lipinski definition) is 0. The Hall–Kier alpha value is -4.79. The molecule has 6 aromatic carbocycles. The summed E-state index contributed by atoms with van der Waals surface area (Å²) in [5.74, 6) is 0. The summed E-state index contributed by atoms with van der Waals surface area (Å²) in [7, 11) is 0. The van der Waals surface area contributed by atoms with Crippen molar-refractivity contribution in [3.63, 3.8) is 0 Å². The van der Waals surface area contributed by atoms with E-state index in [0.717, 1.165) is 11.3 Å². The topological polar surface area (TPSA) is 12.9 Å². The lowest BCUT2D eigenvalue weighted by molar-refractivity contribution is 1.34. The standard InChI is InChI=1S/C37H23NS/c1-2-10-24(11-3-1)36-28-13-4-6-15-30(28)37(31-16-7-5-14-29(31)36)33-20-18-26(23-38-33)25-19-21-35-32(22-25)27-12-8-9-17-34(27)39-35/h1-23H. The molecule has 8 rings (SSSR count). The fourth-order valence-electron chi connectivity index (χ4n) is 5.94. The number of hydrogen-bond acceptors (Lipinski definition) is 2. The largest absolute Gasteiger partial charge is 0.256 e. The first kappa shape index (κ1) is 22.2.